The lowest BCUT2D eigenvalue weighted by Crippen LogP contribution is -2.36. The lowest BCUT2D eigenvalue weighted by atomic mass is 9.89. The summed E-state index contributed by atoms with van der Waals surface area (Å²) in [7, 11) is 1.61. The molecule has 11 heteroatoms. The predicted octanol–water partition coefficient (Wildman–Crippen LogP) is 2.02. The molecule has 10 nitrogen and oxygen atoms in total. The van der Waals surface area contributed by atoms with Gasteiger partial charge in [-0.05, 0) is 33.3 Å². The lowest BCUT2D eigenvalue weighted by molar-refractivity contribution is -0.133. The Kier molecular flexibility index (Phi) is 6.57. The van der Waals surface area contributed by atoms with Crippen LogP contribution in [0.1, 0.15) is 26.0 Å². The minimum Gasteiger partial charge on any atom is -0.390 e. The Labute approximate surface area is 195 Å². The molecule has 1 aliphatic rings. The summed E-state index contributed by atoms with van der Waals surface area (Å²) in [4.78, 5) is 30.7. The van der Waals surface area contributed by atoms with Gasteiger partial charge in [0.05, 0.1) is 46.3 Å². The zero-order valence-corrected chi connectivity index (χ0v) is 19.8. The van der Waals surface area contributed by atoms with E-state index in [4.69, 9.17) is 9.72 Å². The number of methoxy groups -OCH3 is 1. The van der Waals surface area contributed by atoms with Crippen molar-refractivity contribution in [1.82, 2.24) is 19.9 Å². The molecular weight excluding hydrogens is 444 g/mol. The van der Waals surface area contributed by atoms with Gasteiger partial charge < -0.3 is 25.6 Å². The van der Waals surface area contributed by atoms with E-state index in [1.165, 1.54) is 11.3 Å². The zero-order chi connectivity index (χ0) is 23.8. The Morgan fingerprint density at radius 1 is 1.30 bits per heavy atom. The molecule has 1 unspecified atom stereocenters. The number of nitrogens with zero attached hydrogens (tertiary/aromatic N) is 4. The fraction of sp³-hybridized carbons (Fsp3) is 0.500. The van der Waals surface area contributed by atoms with Gasteiger partial charge in [-0.1, -0.05) is 0 Å². The Morgan fingerprint density at radius 2 is 2.09 bits per heavy atom. The van der Waals surface area contributed by atoms with Crippen molar-refractivity contribution in [2.75, 3.05) is 30.9 Å². The van der Waals surface area contributed by atoms with Gasteiger partial charge >= 0.3 is 0 Å². The van der Waals surface area contributed by atoms with Crippen molar-refractivity contribution >= 4 is 39.1 Å². The standard InChI is InChI=1S/C22H28N6O4S/c1-11-16(20-27-14-10-23-6-5-15(14)33-20)19(28-21(25-11)24-7-8-32-4)26-13-9-12(22(2,3)31)17(29)18(13)30/h5-6,10,12-13,18,30-31H,7-9H2,1-4H3,(H2,24,25,26,28)/t12-,13?,18-/m0/s1. The van der Waals surface area contributed by atoms with E-state index in [9.17, 15) is 15.0 Å². The quantitative estimate of drug-likeness (QED) is 0.360. The average molecular weight is 473 g/mol. The molecule has 4 N–H and O–H groups in total. The van der Waals surface area contributed by atoms with Gasteiger partial charge in [0, 0.05) is 19.9 Å². The predicted molar refractivity (Wildman–Crippen MR) is 126 cm³/mol. The van der Waals surface area contributed by atoms with Crippen LogP contribution in [0.15, 0.2) is 18.5 Å². The molecule has 1 aliphatic carbocycles. The van der Waals surface area contributed by atoms with Gasteiger partial charge in [0.25, 0.3) is 0 Å². The first-order chi connectivity index (χ1) is 15.7. The largest absolute Gasteiger partial charge is 0.390 e. The molecule has 0 saturated heterocycles. The van der Waals surface area contributed by atoms with Crippen LogP contribution in [0, 0.1) is 12.8 Å². The van der Waals surface area contributed by atoms with Crippen molar-refractivity contribution in [2.45, 2.75) is 44.9 Å². The topological polar surface area (TPSA) is 142 Å². The van der Waals surface area contributed by atoms with Crippen LogP contribution in [0.2, 0.25) is 0 Å². The molecule has 0 radical (unpaired) electrons. The number of rotatable bonds is 8. The molecular formula is C22H28N6O4S. The SMILES string of the molecule is COCCNc1nc(C)c(-c2nc3cnccc3s2)c(NC2C[C@H](C(C)(C)O)C(=O)[C@H]2O)n1. The van der Waals surface area contributed by atoms with E-state index in [1.807, 2.05) is 13.0 Å². The van der Waals surface area contributed by atoms with Gasteiger partial charge in [-0.15, -0.1) is 11.3 Å². The number of carbonyl (C=O) groups excluding carboxylic acids is 1. The number of nitrogens with one attached hydrogen (secondary N) is 2. The Hall–Kier alpha value is -2.73. The molecule has 3 atom stereocenters. The molecule has 0 aromatic carbocycles. The van der Waals surface area contributed by atoms with Gasteiger partial charge in [0.15, 0.2) is 5.78 Å². The summed E-state index contributed by atoms with van der Waals surface area (Å²) in [5, 5.41) is 28.1. The molecule has 176 valence electrons. The smallest absolute Gasteiger partial charge is 0.224 e. The normalized spacial score (nSPS) is 21.0. The summed E-state index contributed by atoms with van der Waals surface area (Å²) in [5.74, 6) is -0.194. The van der Waals surface area contributed by atoms with Crippen LogP contribution in [0.25, 0.3) is 20.8 Å². The average Bonchev–Trinajstić information content (AvgIpc) is 3.30. The number of ketones is 1. The van der Waals surface area contributed by atoms with E-state index in [0.29, 0.717) is 41.2 Å². The van der Waals surface area contributed by atoms with Gasteiger partial charge in [-0.3, -0.25) is 9.78 Å². The number of carbonyl (C=O) groups is 1. The molecule has 3 heterocycles. The molecule has 3 aromatic heterocycles. The van der Waals surface area contributed by atoms with Crippen molar-refractivity contribution in [1.29, 1.82) is 0 Å². The molecule has 0 spiro atoms. The van der Waals surface area contributed by atoms with E-state index in [0.717, 1.165) is 10.2 Å². The first-order valence-corrected chi connectivity index (χ1v) is 11.5. The number of ether oxygens (including phenoxy) is 1. The number of pyridine rings is 1. The fourth-order valence-electron chi connectivity index (χ4n) is 4.02. The minimum absolute atomic E-state index is 0.280. The van der Waals surface area contributed by atoms with Gasteiger partial charge in [-0.2, -0.15) is 4.98 Å². The van der Waals surface area contributed by atoms with Gasteiger partial charge in [0.1, 0.15) is 22.4 Å². The number of hydrogen-bond donors (Lipinski definition) is 4. The van der Waals surface area contributed by atoms with E-state index in [1.54, 1.807) is 33.4 Å². The van der Waals surface area contributed by atoms with Gasteiger partial charge in [-0.25, -0.2) is 9.97 Å². The molecule has 1 saturated carbocycles. The van der Waals surface area contributed by atoms with E-state index < -0.39 is 23.7 Å². The number of thiazole rings is 1. The number of aliphatic hydroxyl groups excluding tert-OH is 1. The number of hydrogen-bond acceptors (Lipinski definition) is 11. The zero-order valence-electron chi connectivity index (χ0n) is 19.0. The minimum atomic E-state index is -1.26. The van der Waals surface area contributed by atoms with E-state index >= 15 is 0 Å². The van der Waals surface area contributed by atoms with Crippen molar-refractivity contribution in [3.8, 4) is 10.6 Å². The number of fused-ring (bicyclic) bond motifs is 1. The third-order valence-corrected chi connectivity index (χ3v) is 6.82. The Bertz CT molecular complexity index is 1130. The Balaban J connectivity index is 1.73. The third kappa shape index (κ3) is 4.81. The van der Waals surface area contributed by atoms with Crippen molar-refractivity contribution < 1.29 is 19.7 Å². The molecule has 0 amide bonds. The first kappa shape index (κ1) is 23.4. The molecule has 0 aliphatic heterocycles. The summed E-state index contributed by atoms with van der Waals surface area (Å²) in [6.45, 7) is 6.04. The van der Waals surface area contributed by atoms with Crippen LogP contribution in [-0.4, -0.2) is 73.9 Å². The highest BCUT2D eigenvalue weighted by Crippen LogP contribution is 2.38. The monoisotopic (exact) mass is 472 g/mol. The van der Waals surface area contributed by atoms with Crippen molar-refractivity contribution in [2.24, 2.45) is 5.92 Å². The summed E-state index contributed by atoms with van der Waals surface area (Å²) in [6.07, 6.45) is 2.44. The van der Waals surface area contributed by atoms with Crippen LogP contribution in [0.4, 0.5) is 11.8 Å². The first-order valence-electron chi connectivity index (χ1n) is 10.7. The second kappa shape index (κ2) is 9.26. The Morgan fingerprint density at radius 3 is 2.76 bits per heavy atom. The van der Waals surface area contributed by atoms with Crippen LogP contribution in [0.5, 0.6) is 0 Å². The molecule has 33 heavy (non-hydrogen) atoms. The number of aromatic nitrogens is 4. The maximum absolute atomic E-state index is 12.6. The second-order valence-corrected chi connectivity index (χ2v) is 9.71. The lowest BCUT2D eigenvalue weighted by Gasteiger charge is -2.24. The fourth-order valence-corrected chi connectivity index (χ4v) is 5.05. The van der Waals surface area contributed by atoms with Crippen LogP contribution in [0.3, 0.4) is 0 Å². The van der Waals surface area contributed by atoms with Crippen molar-refractivity contribution in [3.05, 3.63) is 24.2 Å². The summed E-state index contributed by atoms with van der Waals surface area (Å²) in [5.41, 5.74) is 0.923. The number of anilines is 2. The molecule has 1 fully saturated rings. The summed E-state index contributed by atoms with van der Waals surface area (Å²) >= 11 is 1.49. The van der Waals surface area contributed by atoms with E-state index in [2.05, 4.69) is 25.6 Å². The van der Waals surface area contributed by atoms with Crippen molar-refractivity contribution in [3.63, 3.8) is 0 Å². The number of aliphatic hydroxyl groups is 2. The highest BCUT2D eigenvalue weighted by Gasteiger charge is 2.47. The number of Topliss-reactive ketones (excluding diaryl/α,β-unsaturated/α-hetero) is 1. The number of aryl methyl sites for hydroxylation is 1. The second-order valence-electron chi connectivity index (χ2n) is 8.68. The van der Waals surface area contributed by atoms with Crippen LogP contribution in [-0.2, 0) is 9.53 Å². The highest BCUT2D eigenvalue weighted by molar-refractivity contribution is 7.21. The molecule has 3 aromatic rings. The summed E-state index contributed by atoms with van der Waals surface area (Å²) < 4.78 is 6.06. The summed E-state index contributed by atoms with van der Waals surface area (Å²) in [6, 6.07) is 1.29. The van der Waals surface area contributed by atoms with Gasteiger partial charge in [0.2, 0.25) is 5.95 Å². The van der Waals surface area contributed by atoms with E-state index in [-0.39, 0.29) is 12.2 Å². The van der Waals surface area contributed by atoms with Crippen LogP contribution < -0.4 is 10.6 Å². The van der Waals surface area contributed by atoms with Crippen LogP contribution >= 0.6 is 11.3 Å². The molecule has 4 rings (SSSR count). The molecule has 0 bridgehead atoms. The maximum Gasteiger partial charge on any atom is 0.224 e. The third-order valence-electron chi connectivity index (χ3n) is 5.76. The highest BCUT2D eigenvalue weighted by atomic mass is 32.1. The maximum atomic E-state index is 12.6.